The number of hydrogen-bond acceptors (Lipinski definition) is 9. The number of carbonyl (C=O) groups is 7. The van der Waals surface area contributed by atoms with Crippen LogP contribution in [0.3, 0.4) is 0 Å². The van der Waals surface area contributed by atoms with Crippen molar-refractivity contribution in [2.75, 3.05) is 41.3 Å². The van der Waals surface area contributed by atoms with Crippen LogP contribution in [0.15, 0.2) is 72.8 Å². The third kappa shape index (κ3) is 21.7. The molecule has 4 rings (SSSR count). The van der Waals surface area contributed by atoms with Crippen LogP contribution < -0.4 is 15.1 Å². The Labute approximate surface area is 375 Å². The monoisotopic (exact) mass is 893 g/mol. The van der Waals surface area contributed by atoms with Gasteiger partial charge in [-0.2, -0.15) is 0 Å². The van der Waals surface area contributed by atoms with Crippen molar-refractivity contribution in [3.63, 3.8) is 0 Å². The molecule has 2 aliphatic rings. The number of allylic oxidation sites excluding steroid dienone is 4. The Kier molecular flexibility index (Phi) is 25.3. The summed E-state index contributed by atoms with van der Waals surface area (Å²) in [6, 6.07) is 13.2. The van der Waals surface area contributed by atoms with Crippen LogP contribution in [0.2, 0.25) is 0 Å². The molecule has 0 aliphatic heterocycles. The molecule has 16 nitrogen and oxygen atoms in total. The van der Waals surface area contributed by atoms with E-state index >= 15 is 0 Å². The topological polar surface area (TPSA) is 259 Å². The van der Waals surface area contributed by atoms with E-state index < -0.39 is 73.8 Å². The van der Waals surface area contributed by atoms with Crippen LogP contribution in [-0.2, 0) is 33.6 Å². The summed E-state index contributed by atoms with van der Waals surface area (Å²) in [6.07, 6.45) is 26.0. The van der Waals surface area contributed by atoms with Crippen molar-refractivity contribution in [2.45, 2.75) is 110 Å². The lowest BCUT2D eigenvalue weighted by molar-refractivity contribution is -0.147. The average Bonchev–Trinajstić information content (AvgIpc) is 3.85. The Bertz CT molecular complexity index is 1780. The zero-order valence-electron chi connectivity index (χ0n) is 37.1. The van der Waals surface area contributed by atoms with Crippen LogP contribution in [0.5, 0.6) is 0 Å². The van der Waals surface area contributed by atoms with E-state index in [4.69, 9.17) is 25.5 Å². The second-order valence-corrected chi connectivity index (χ2v) is 16.2. The number of rotatable bonds is 28. The number of carbonyl (C=O) groups excluding carboxylic acids is 1. The molecule has 1 fully saturated rings. The predicted octanol–water partition coefficient (Wildman–Crippen LogP) is 8.20. The maximum Gasteiger partial charge on any atom is 0.323 e. The van der Waals surface area contributed by atoms with Gasteiger partial charge in [0.15, 0.2) is 0 Å². The Balaban J connectivity index is 0.000000332. The van der Waals surface area contributed by atoms with Crippen LogP contribution in [0.4, 0.5) is 17.1 Å². The second-order valence-electron chi connectivity index (χ2n) is 16.2. The highest BCUT2D eigenvalue weighted by atomic mass is 16.4. The molecule has 1 saturated carbocycles. The highest BCUT2D eigenvalue weighted by Crippen LogP contribution is 2.48. The summed E-state index contributed by atoms with van der Waals surface area (Å²) in [5.74, 6) is -7.66. The minimum atomic E-state index is -1.24. The molecule has 7 N–H and O–H groups in total. The summed E-state index contributed by atoms with van der Waals surface area (Å²) in [4.78, 5) is 79.7. The van der Waals surface area contributed by atoms with Gasteiger partial charge in [-0.1, -0.05) is 106 Å². The molecule has 2 aliphatic carbocycles. The molecule has 0 aromatic heterocycles. The van der Waals surface area contributed by atoms with E-state index in [-0.39, 0.29) is 29.1 Å². The lowest BCUT2D eigenvalue weighted by Gasteiger charge is -2.25. The Morgan fingerprint density at radius 2 is 1.02 bits per heavy atom. The van der Waals surface area contributed by atoms with Gasteiger partial charge in [-0.3, -0.25) is 33.6 Å². The Morgan fingerprint density at radius 1 is 0.578 bits per heavy atom. The number of anilines is 3. The Morgan fingerprint density at radius 3 is 1.45 bits per heavy atom. The van der Waals surface area contributed by atoms with Gasteiger partial charge >= 0.3 is 35.8 Å². The van der Waals surface area contributed by atoms with Gasteiger partial charge in [-0.05, 0) is 87.6 Å². The number of aliphatic carboxylic acids is 6. The van der Waals surface area contributed by atoms with Crippen molar-refractivity contribution in [1.29, 1.82) is 0 Å². The zero-order valence-corrected chi connectivity index (χ0v) is 37.1. The van der Waals surface area contributed by atoms with Crippen molar-refractivity contribution in [3.05, 3.63) is 78.4 Å². The smallest absolute Gasteiger partial charge is 0.323 e. The molecular weight excluding hydrogens is 827 g/mol. The molecule has 2 bridgehead atoms. The van der Waals surface area contributed by atoms with E-state index in [1.54, 1.807) is 0 Å². The molecule has 0 spiro atoms. The molecular formula is C48H67N3O13. The standard InChI is InChI=1S/C18H34O2.C16H17NO3.C14H16N2O8/c1-2-3-4-5-6-7-8-9-10-11-12-13-14-15-16-17-18(19)20;1-9-2-6-12(7-3-9)17-15(18)13-10-4-5-11(8-10)14(13)16(19)20;17-11(18)5-15(6-12(19)20)9-2-1-3-10(4-9)16(7-13(21)22)8-14(23)24/h9-10H,2-8,11-17H2,1H3,(H,19,20);2-7,10-11,13-14H,8H2,1H3,(H,17,18)(H,19,20);1-4H,5-8H2,(H,17,18)(H,19,20)(H,21,22)(H,23,24)/b10-9+;;. The first-order valence-corrected chi connectivity index (χ1v) is 22.1. The van der Waals surface area contributed by atoms with Gasteiger partial charge < -0.3 is 45.8 Å². The van der Waals surface area contributed by atoms with Crippen LogP contribution in [0.25, 0.3) is 0 Å². The number of carboxylic acids is 6. The van der Waals surface area contributed by atoms with Crippen LogP contribution >= 0.6 is 0 Å². The number of hydrogen-bond donors (Lipinski definition) is 7. The summed E-state index contributed by atoms with van der Waals surface area (Å²) in [6.45, 7) is 1.93. The Hall–Kier alpha value is -6.19. The van der Waals surface area contributed by atoms with Gasteiger partial charge in [0.2, 0.25) is 5.91 Å². The van der Waals surface area contributed by atoms with E-state index in [1.165, 1.54) is 94.9 Å². The molecule has 2 aromatic carbocycles. The van der Waals surface area contributed by atoms with Gasteiger partial charge in [-0.15, -0.1) is 0 Å². The van der Waals surface area contributed by atoms with Crippen molar-refractivity contribution in [2.24, 2.45) is 23.7 Å². The second kappa shape index (κ2) is 30.0. The quantitative estimate of drug-likeness (QED) is 0.0314. The fourth-order valence-electron chi connectivity index (χ4n) is 7.74. The third-order valence-electron chi connectivity index (χ3n) is 10.9. The number of carboxylic acid groups (broad SMARTS) is 6. The van der Waals surface area contributed by atoms with Crippen molar-refractivity contribution in [3.8, 4) is 0 Å². The number of unbranched alkanes of at least 4 members (excludes halogenated alkanes) is 11. The minimum absolute atomic E-state index is 0.00580. The summed E-state index contributed by atoms with van der Waals surface area (Å²) in [5, 5.41) is 56.2. The molecule has 352 valence electrons. The van der Waals surface area contributed by atoms with E-state index in [2.05, 4.69) is 24.4 Å². The fourth-order valence-corrected chi connectivity index (χ4v) is 7.74. The molecule has 0 heterocycles. The van der Waals surface area contributed by atoms with E-state index in [1.807, 2.05) is 43.3 Å². The molecule has 4 unspecified atom stereocenters. The van der Waals surface area contributed by atoms with Gasteiger partial charge in [0.05, 0.1) is 11.8 Å². The summed E-state index contributed by atoms with van der Waals surface area (Å²) >= 11 is 0. The molecule has 64 heavy (non-hydrogen) atoms. The number of nitrogens with one attached hydrogen (secondary N) is 1. The summed E-state index contributed by atoms with van der Waals surface area (Å²) in [5.41, 5.74) is 2.28. The lowest BCUT2D eigenvalue weighted by Crippen LogP contribution is -2.36. The van der Waals surface area contributed by atoms with Crippen LogP contribution in [0, 0.1) is 30.6 Å². The van der Waals surface area contributed by atoms with Crippen LogP contribution in [-0.4, -0.2) is 98.5 Å². The van der Waals surface area contributed by atoms with Crippen molar-refractivity contribution in [1.82, 2.24) is 0 Å². The number of nitrogens with zero attached hydrogens (tertiary/aromatic N) is 2. The van der Waals surface area contributed by atoms with Gasteiger partial charge in [-0.25, -0.2) is 0 Å². The lowest BCUT2D eigenvalue weighted by atomic mass is 9.82. The van der Waals surface area contributed by atoms with Crippen LogP contribution in [0.1, 0.15) is 109 Å². The van der Waals surface area contributed by atoms with E-state index in [0.29, 0.717) is 6.42 Å². The number of aryl methyl sites for hydroxylation is 1. The number of amides is 1. The van der Waals surface area contributed by atoms with Gasteiger partial charge in [0.25, 0.3) is 0 Å². The maximum atomic E-state index is 12.4. The van der Waals surface area contributed by atoms with Gasteiger partial charge in [0, 0.05) is 23.5 Å². The van der Waals surface area contributed by atoms with E-state index in [0.717, 1.165) is 40.3 Å². The molecule has 0 radical (unpaired) electrons. The fraction of sp³-hybridized carbons (Fsp3) is 0.521. The SMILES string of the molecule is CCCCCCCC/C=C/CCCCCCCC(=O)O.Cc1ccc(NC(=O)C2C3C=CC(C3)C2C(=O)O)cc1.O=C(O)CN(CC(=O)O)c1cccc(N(CC(=O)O)CC(=O)O)c1. The van der Waals surface area contributed by atoms with Crippen molar-refractivity contribution < 1.29 is 64.2 Å². The predicted molar refractivity (Wildman–Crippen MR) is 244 cm³/mol. The molecule has 2 aromatic rings. The number of benzene rings is 2. The molecule has 1 amide bonds. The van der Waals surface area contributed by atoms with Gasteiger partial charge in [0.1, 0.15) is 26.2 Å². The minimum Gasteiger partial charge on any atom is -0.481 e. The normalized spacial score (nSPS) is 16.8. The third-order valence-corrected chi connectivity index (χ3v) is 10.9. The summed E-state index contributed by atoms with van der Waals surface area (Å²) < 4.78 is 0. The highest BCUT2D eigenvalue weighted by Gasteiger charge is 2.51. The summed E-state index contributed by atoms with van der Waals surface area (Å²) in [7, 11) is 0. The molecule has 4 atom stereocenters. The van der Waals surface area contributed by atoms with Crippen molar-refractivity contribution >= 4 is 58.8 Å². The molecule has 16 heteroatoms. The molecule has 0 saturated heterocycles. The maximum absolute atomic E-state index is 12.4. The van der Waals surface area contributed by atoms with E-state index in [9.17, 15) is 38.7 Å². The zero-order chi connectivity index (χ0) is 47.4. The highest BCUT2D eigenvalue weighted by molar-refractivity contribution is 5.96. The first-order valence-electron chi connectivity index (χ1n) is 22.1. The number of fused-ring (bicyclic) bond motifs is 2. The first kappa shape index (κ1) is 53.9. The first-order chi connectivity index (χ1) is 30.5. The average molecular weight is 894 g/mol. The largest absolute Gasteiger partial charge is 0.481 e.